The molecule has 1 rings (SSSR count). The normalized spacial score (nSPS) is 28.9. The van der Waals surface area contributed by atoms with Gasteiger partial charge in [-0.2, -0.15) is 0 Å². The average molecular weight is 172 g/mol. The SMILES string of the molecule is C[C@H]1[C@@H](C(N)=O)CCN1C(=O)O. The predicted octanol–water partition coefficient (Wildman–Crippen LogP) is -0.140. The van der Waals surface area contributed by atoms with Gasteiger partial charge in [0.05, 0.1) is 5.92 Å². The third kappa shape index (κ3) is 1.34. The van der Waals surface area contributed by atoms with E-state index in [0.29, 0.717) is 13.0 Å². The highest BCUT2D eigenvalue weighted by atomic mass is 16.4. The van der Waals surface area contributed by atoms with Crippen LogP contribution in [0.3, 0.4) is 0 Å². The van der Waals surface area contributed by atoms with Gasteiger partial charge in [-0.1, -0.05) is 0 Å². The highest BCUT2D eigenvalue weighted by molar-refractivity contribution is 5.79. The predicted molar refractivity (Wildman–Crippen MR) is 41.5 cm³/mol. The van der Waals surface area contributed by atoms with E-state index in [1.54, 1.807) is 6.92 Å². The fraction of sp³-hybridized carbons (Fsp3) is 0.714. The molecule has 2 amide bonds. The highest BCUT2D eigenvalue weighted by Crippen LogP contribution is 2.23. The second-order valence-corrected chi connectivity index (χ2v) is 3.01. The third-order valence-corrected chi connectivity index (χ3v) is 2.37. The Morgan fingerprint density at radius 1 is 1.58 bits per heavy atom. The lowest BCUT2D eigenvalue weighted by atomic mass is 10.0. The van der Waals surface area contributed by atoms with Crippen LogP contribution in [0.2, 0.25) is 0 Å². The molecule has 0 saturated carbocycles. The van der Waals surface area contributed by atoms with Crippen LogP contribution in [0.4, 0.5) is 4.79 Å². The summed E-state index contributed by atoms with van der Waals surface area (Å²) in [4.78, 5) is 22.6. The molecule has 1 aliphatic heterocycles. The summed E-state index contributed by atoms with van der Waals surface area (Å²) in [6.07, 6.45) is -0.436. The number of nitrogens with two attached hydrogens (primary N) is 1. The van der Waals surface area contributed by atoms with E-state index in [2.05, 4.69) is 0 Å². The summed E-state index contributed by atoms with van der Waals surface area (Å²) in [5.74, 6) is -0.729. The number of hydrogen-bond donors (Lipinski definition) is 2. The molecule has 2 atom stereocenters. The molecule has 0 aromatic carbocycles. The Balaban J connectivity index is 2.67. The molecule has 0 aromatic heterocycles. The number of amides is 2. The van der Waals surface area contributed by atoms with Gasteiger partial charge in [-0.05, 0) is 13.3 Å². The largest absolute Gasteiger partial charge is 0.465 e. The van der Waals surface area contributed by atoms with Gasteiger partial charge in [0.25, 0.3) is 0 Å². The molecular formula is C7H12N2O3. The molecule has 0 bridgehead atoms. The molecule has 5 nitrogen and oxygen atoms in total. The fourth-order valence-corrected chi connectivity index (χ4v) is 1.59. The van der Waals surface area contributed by atoms with Gasteiger partial charge in [0.1, 0.15) is 0 Å². The van der Waals surface area contributed by atoms with Crippen LogP contribution in [0.1, 0.15) is 13.3 Å². The maximum atomic E-state index is 10.8. The van der Waals surface area contributed by atoms with Crippen molar-refractivity contribution in [2.24, 2.45) is 11.7 Å². The van der Waals surface area contributed by atoms with Crippen molar-refractivity contribution in [3.63, 3.8) is 0 Å². The summed E-state index contributed by atoms with van der Waals surface area (Å²) in [5.41, 5.74) is 5.09. The van der Waals surface area contributed by atoms with Crippen molar-refractivity contribution >= 4 is 12.0 Å². The molecular weight excluding hydrogens is 160 g/mol. The fourth-order valence-electron chi connectivity index (χ4n) is 1.59. The van der Waals surface area contributed by atoms with Crippen LogP contribution in [0, 0.1) is 5.92 Å². The molecule has 0 unspecified atom stereocenters. The molecule has 68 valence electrons. The minimum atomic E-state index is -0.980. The minimum Gasteiger partial charge on any atom is -0.465 e. The number of rotatable bonds is 1. The van der Waals surface area contributed by atoms with Gasteiger partial charge in [-0.15, -0.1) is 0 Å². The molecule has 1 fully saturated rings. The van der Waals surface area contributed by atoms with Gasteiger partial charge in [0, 0.05) is 12.6 Å². The number of likely N-dealkylation sites (tertiary alicyclic amines) is 1. The van der Waals surface area contributed by atoms with Crippen LogP contribution in [0.25, 0.3) is 0 Å². The Morgan fingerprint density at radius 3 is 2.42 bits per heavy atom. The van der Waals surface area contributed by atoms with Crippen molar-refractivity contribution in [3.8, 4) is 0 Å². The van der Waals surface area contributed by atoms with Gasteiger partial charge >= 0.3 is 6.09 Å². The second kappa shape index (κ2) is 3.00. The van der Waals surface area contributed by atoms with Crippen molar-refractivity contribution in [1.82, 2.24) is 4.90 Å². The average Bonchev–Trinajstić information content (AvgIpc) is 2.30. The Labute approximate surface area is 70.1 Å². The van der Waals surface area contributed by atoms with Crippen LogP contribution in [-0.2, 0) is 4.79 Å². The number of carbonyl (C=O) groups excluding carboxylic acids is 1. The maximum absolute atomic E-state index is 10.8. The Kier molecular flexibility index (Phi) is 2.21. The first-order valence-electron chi connectivity index (χ1n) is 3.83. The number of primary amides is 1. The first kappa shape index (κ1) is 8.83. The van der Waals surface area contributed by atoms with Gasteiger partial charge in [0.15, 0.2) is 0 Å². The Hall–Kier alpha value is -1.26. The maximum Gasteiger partial charge on any atom is 0.407 e. The molecule has 5 heteroatoms. The lowest BCUT2D eigenvalue weighted by Gasteiger charge is -2.19. The zero-order valence-corrected chi connectivity index (χ0v) is 6.86. The summed E-state index contributed by atoms with van der Waals surface area (Å²) in [6, 6.07) is -0.278. The van der Waals surface area contributed by atoms with Crippen LogP contribution in [0.5, 0.6) is 0 Å². The van der Waals surface area contributed by atoms with Gasteiger partial charge in [-0.3, -0.25) is 4.79 Å². The zero-order valence-electron chi connectivity index (χ0n) is 6.86. The van der Waals surface area contributed by atoms with E-state index in [0.717, 1.165) is 0 Å². The summed E-state index contributed by atoms with van der Waals surface area (Å²) in [7, 11) is 0. The standard InChI is InChI=1S/C7H12N2O3/c1-4-5(6(8)10)2-3-9(4)7(11)12/h4-5H,2-3H2,1H3,(H2,8,10)(H,11,12)/t4-,5-/m0/s1. The Bertz CT molecular complexity index is 195. The molecule has 3 N–H and O–H groups in total. The monoisotopic (exact) mass is 172 g/mol. The van der Waals surface area contributed by atoms with Crippen molar-refractivity contribution in [3.05, 3.63) is 0 Å². The van der Waals surface area contributed by atoms with Crippen molar-refractivity contribution in [1.29, 1.82) is 0 Å². The quantitative estimate of drug-likeness (QED) is 0.577. The second-order valence-electron chi connectivity index (χ2n) is 3.01. The lowest BCUT2D eigenvalue weighted by molar-refractivity contribution is -0.122. The van der Waals surface area contributed by atoms with E-state index < -0.39 is 12.0 Å². The zero-order chi connectivity index (χ0) is 9.30. The molecule has 1 saturated heterocycles. The molecule has 1 heterocycles. The highest BCUT2D eigenvalue weighted by Gasteiger charge is 2.36. The lowest BCUT2D eigenvalue weighted by Crippen LogP contribution is -2.38. The van der Waals surface area contributed by atoms with Crippen molar-refractivity contribution in [2.75, 3.05) is 6.54 Å². The third-order valence-electron chi connectivity index (χ3n) is 2.37. The molecule has 0 aliphatic carbocycles. The first-order chi connectivity index (χ1) is 5.54. The molecule has 1 aliphatic rings. The number of carboxylic acid groups (broad SMARTS) is 1. The van der Waals surface area contributed by atoms with Gasteiger partial charge in [-0.25, -0.2) is 4.79 Å². The summed E-state index contributed by atoms with van der Waals surface area (Å²) in [6.45, 7) is 2.11. The van der Waals surface area contributed by atoms with Gasteiger partial charge < -0.3 is 15.7 Å². The van der Waals surface area contributed by atoms with E-state index in [-0.39, 0.29) is 12.0 Å². The van der Waals surface area contributed by atoms with E-state index >= 15 is 0 Å². The van der Waals surface area contributed by atoms with Gasteiger partial charge in [0.2, 0.25) is 5.91 Å². The van der Waals surface area contributed by atoms with Crippen molar-refractivity contribution in [2.45, 2.75) is 19.4 Å². The van der Waals surface area contributed by atoms with Crippen LogP contribution < -0.4 is 5.73 Å². The molecule has 0 aromatic rings. The van der Waals surface area contributed by atoms with E-state index in [9.17, 15) is 9.59 Å². The van der Waals surface area contributed by atoms with E-state index in [1.165, 1.54) is 4.90 Å². The Morgan fingerprint density at radius 2 is 2.17 bits per heavy atom. The van der Waals surface area contributed by atoms with E-state index in [4.69, 9.17) is 10.8 Å². The summed E-state index contributed by atoms with van der Waals surface area (Å²) in [5, 5.41) is 8.66. The van der Waals surface area contributed by atoms with Crippen LogP contribution in [-0.4, -0.2) is 34.6 Å². The summed E-state index contributed by atoms with van der Waals surface area (Å²) < 4.78 is 0. The summed E-state index contributed by atoms with van der Waals surface area (Å²) >= 11 is 0. The van der Waals surface area contributed by atoms with Crippen molar-refractivity contribution < 1.29 is 14.7 Å². The smallest absolute Gasteiger partial charge is 0.407 e. The topological polar surface area (TPSA) is 83.6 Å². The van der Waals surface area contributed by atoms with Crippen LogP contribution >= 0.6 is 0 Å². The van der Waals surface area contributed by atoms with Crippen LogP contribution in [0.15, 0.2) is 0 Å². The first-order valence-corrected chi connectivity index (χ1v) is 3.83. The number of nitrogens with zero attached hydrogens (tertiary/aromatic N) is 1. The molecule has 12 heavy (non-hydrogen) atoms. The molecule has 0 spiro atoms. The molecule has 0 radical (unpaired) electrons. The number of hydrogen-bond acceptors (Lipinski definition) is 2. The van der Waals surface area contributed by atoms with E-state index in [1.807, 2.05) is 0 Å². The number of carbonyl (C=O) groups is 2. The minimum absolute atomic E-state index is 0.278.